The molecule has 1 saturated heterocycles. The fourth-order valence-electron chi connectivity index (χ4n) is 2.18. The van der Waals surface area contributed by atoms with Crippen molar-refractivity contribution < 1.29 is 13.2 Å². The first-order valence-corrected chi connectivity index (χ1v) is 6.49. The molecule has 0 N–H and O–H groups in total. The molecule has 2 heterocycles. The van der Waals surface area contributed by atoms with Crippen molar-refractivity contribution in [1.29, 1.82) is 0 Å². The number of aryl methyl sites for hydroxylation is 2. The van der Waals surface area contributed by atoms with Crippen molar-refractivity contribution in [2.24, 2.45) is 5.92 Å². The highest BCUT2D eigenvalue weighted by Gasteiger charge is 2.41. The molecule has 0 aromatic carbocycles. The number of aromatic nitrogens is 2. The summed E-state index contributed by atoms with van der Waals surface area (Å²) in [6, 6.07) is 0. The van der Waals surface area contributed by atoms with E-state index in [1.807, 2.05) is 6.92 Å². The van der Waals surface area contributed by atoms with Crippen LogP contribution in [0.2, 0.25) is 5.15 Å². The van der Waals surface area contributed by atoms with Crippen LogP contribution >= 0.6 is 11.6 Å². The molecule has 1 aliphatic rings. The molecule has 1 aliphatic heterocycles. The third-order valence-corrected chi connectivity index (χ3v) is 3.76. The van der Waals surface area contributed by atoms with Crippen LogP contribution in [0, 0.1) is 19.8 Å². The van der Waals surface area contributed by atoms with Crippen LogP contribution < -0.4 is 4.90 Å². The van der Waals surface area contributed by atoms with Crippen molar-refractivity contribution in [3.05, 3.63) is 16.5 Å². The van der Waals surface area contributed by atoms with E-state index in [-0.39, 0.29) is 18.0 Å². The number of piperidine rings is 1. The van der Waals surface area contributed by atoms with Crippen LogP contribution in [0.25, 0.3) is 0 Å². The summed E-state index contributed by atoms with van der Waals surface area (Å²) in [6.07, 6.45) is -3.95. The molecule has 0 saturated carbocycles. The molecule has 3 nitrogen and oxygen atoms in total. The average molecular weight is 294 g/mol. The zero-order chi connectivity index (χ0) is 14.2. The maximum Gasteiger partial charge on any atom is 0.391 e. The summed E-state index contributed by atoms with van der Waals surface area (Å²) in [7, 11) is 0. The lowest BCUT2D eigenvalue weighted by Crippen LogP contribution is -2.39. The largest absolute Gasteiger partial charge is 0.391 e. The van der Waals surface area contributed by atoms with Crippen molar-refractivity contribution in [3.8, 4) is 0 Å². The van der Waals surface area contributed by atoms with E-state index < -0.39 is 12.1 Å². The molecule has 106 valence electrons. The SMILES string of the molecule is Cc1nc(Cl)c(N2CCC(C(F)(F)F)CC2)nc1C. The maximum absolute atomic E-state index is 12.6. The van der Waals surface area contributed by atoms with Crippen LogP contribution in [-0.2, 0) is 0 Å². The van der Waals surface area contributed by atoms with E-state index in [4.69, 9.17) is 11.6 Å². The van der Waals surface area contributed by atoms with Crippen molar-refractivity contribution in [2.45, 2.75) is 32.9 Å². The summed E-state index contributed by atoms with van der Waals surface area (Å²) in [5, 5.41) is 0.258. The molecule has 0 spiro atoms. The van der Waals surface area contributed by atoms with Crippen molar-refractivity contribution in [3.63, 3.8) is 0 Å². The van der Waals surface area contributed by atoms with Crippen LogP contribution in [0.15, 0.2) is 0 Å². The topological polar surface area (TPSA) is 29.0 Å². The molecule has 1 fully saturated rings. The predicted octanol–water partition coefficient (Wildman–Crippen LogP) is 3.53. The Hall–Kier alpha value is -1.04. The summed E-state index contributed by atoms with van der Waals surface area (Å²) in [5.74, 6) is -0.729. The highest BCUT2D eigenvalue weighted by Crippen LogP contribution is 2.36. The number of hydrogen-bond acceptors (Lipinski definition) is 3. The Balaban J connectivity index is 2.12. The zero-order valence-electron chi connectivity index (χ0n) is 10.8. The van der Waals surface area contributed by atoms with Gasteiger partial charge in [-0.15, -0.1) is 0 Å². The van der Waals surface area contributed by atoms with Gasteiger partial charge in [0.05, 0.1) is 17.3 Å². The number of hydrogen-bond donors (Lipinski definition) is 0. The summed E-state index contributed by atoms with van der Waals surface area (Å²) in [4.78, 5) is 10.3. The monoisotopic (exact) mass is 293 g/mol. The molecule has 0 unspecified atom stereocenters. The van der Waals surface area contributed by atoms with Crippen LogP contribution in [-0.4, -0.2) is 29.2 Å². The van der Waals surface area contributed by atoms with Crippen molar-refractivity contribution in [2.75, 3.05) is 18.0 Å². The maximum atomic E-state index is 12.6. The predicted molar refractivity (Wildman–Crippen MR) is 67.5 cm³/mol. The van der Waals surface area contributed by atoms with Gasteiger partial charge in [0.15, 0.2) is 11.0 Å². The van der Waals surface area contributed by atoms with E-state index in [1.165, 1.54) is 0 Å². The van der Waals surface area contributed by atoms with Gasteiger partial charge in [-0.1, -0.05) is 11.6 Å². The summed E-state index contributed by atoms with van der Waals surface area (Å²) < 4.78 is 37.8. The molecule has 1 aromatic rings. The lowest BCUT2D eigenvalue weighted by atomic mass is 9.96. The standard InChI is InChI=1S/C12H15ClF3N3/c1-7-8(2)18-11(10(13)17-7)19-5-3-9(4-6-19)12(14,15)16/h9H,3-6H2,1-2H3. The smallest absolute Gasteiger partial charge is 0.354 e. The lowest BCUT2D eigenvalue weighted by molar-refractivity contribution is -0.179. The Morgan fingerprint density at radius 3 is 2.16 bits per heavy atom. The van der Waals surface area contributed by atoms with Gasteiger partial charge in [-0.25, -0.2) is 9.97 Å². The molecule has 0 aliphatic carbocycles. The molecule has 7 heteroatoms. The van der Waals surface area contributed by atoms with E-state index in [1.54, 1.807) is 11.8 Å². The van der Waals surface area contributed by atoms with Gasteiger partial charge in [0.25, 0.3) is 0 Å². The van der Waals surface area contributed by atoms with Crippen molar-refractivity contribution >= 4 is 17.4 Å². The van der Waals surface area contributed by atoms with Gasteiger partial charge < -0.3 is 4.90 Å². The number of alkyl halides is 3. The Labute approximate surface area is 114 Å². The van der Waals surface area contributed by atoms with Gasteiger partial charge in [0.2, 0.25) is 0 Å². The van der Waals surface area contributed by atoms with Crippen LogP contribution in [0.4, 0.5) is 19.0 Å². The zero-order valence-corrected chi connectivity index (χ0v) is 11.5. The summed E-state index contributed by atoms with van der Waals surface area (Å²) in [5.41, 5.74) is 1.48. The van der Waals surface area contributed by atoms with E-state index in [9.17, 15) is 13.2 Å². The number of anilines is 1. The highest BCUT2D eigenvalue weighted by atomic mass is 35.5. The quantitative estimate of drug-likeness (QED) is 0.793. The Bertz CT molecular complexity index is 468. The van der Waals surface area contributed by atoms with E-state index in [0.29, 0.717) is 18.9 Å². The van der Waals surface area contributed by atoms with Crippen molar-refractivity contribution in [1.82, 2.24) is 9.97 Å². The van der Waals surface area contributed by atoms with Crippen LogP contribution in [0.1, 0.15) is 24.2 Å². The first-order valence-electron chi connectivity index (χ1n) is 6.11. The molecule has 0 amide bonds. The normalized spacial score (nSPS) is 17.9. The van der Waals surface area contributed by atoms with E-state index in [2.05, 4.69) is 9.97 Å². The molecular formula is C12H15ClF3N3. The minimum Gasteiger partial charge on any atom is -0.354 e. The first kappa shape index (κ1) is 14.4. The number of rotatable bonds is 1. The third-order valence-electron chi connectivity index (χ3n) is 3.50. The van der Waals surface area contributed by atoms with Gasteiger partial charge in [-0.3, -0.25) is 0 Å². The molecule has 2 rings (SSSR count). The molecule has 0 atom stereocenters. The minimum atomic E-state index is -4.11. The highest BCUT2D eigenvalue weighted by molar-refractivity contribution is 6.31. The fourth-order valence-corrected chi connectivity index (χ4v) is 2.47. The lowest BCUT2D eigenvalue weighted by Gasteiger charge is -2.33. The van der Waals surface area contributed by atoms with Crippen LogP contribution in [0.5, 0.6) is 0 Å². The first-order chi connectivity index (χ1) is 8.79. The van der Waals surface area contributed by atoms with E-state index in [0.717, 1.165) is 11.4 Å². The second-order valence-electron chi connectivity index (χ2n) is 4.81. The summed E-state index contributed by atoms with van der Waals surface area (Å²) in [6.45, 7) is 4.22. The van der Waals surface area contributed by atoms with Gasteiger partial charge in [-0.2, -0.15) is 13.2 Å². The molecule has 0 radical (unpaired) electrons. The Morgan fingerprint density at radius 2 is 1.63 bits per heavy atom. The third kappa shape index (κ3) is 3.11. The van der Waals surface area contributed by atoms with Gasteiger partial charge >= 0.3 is 6.18 Å². The minimum absolute atomic E-state index is 0.0778. The summed E-state index contributed by atoms with van der Waals surface area (Å²) >= 11 is 6.02. The van der Waals surface area contributed by atoms with Gasteiger partial charge in [0.1, 0.15) is 0 Å². The second-order valence-corrected chi connectivity index (χ2v) is 5.17. The Kier molecular flexibility index (Phi) is 3.90. The average Bonchev–Trinajstić information content (AvgIpc) is 2.33. The van der Waals surface area contributed by atoms with Gasteiger partial charge in [-0.05, 0) is 26.7 Å². The fraction of sp³-hybridized carbons (Fsp3) is 0.667. The second kappa shape index (κ2) is 5.15. The Morgan fingerprint density at radius 1 is 1.11 bits per heavy atom. The molecular weight excluding hydrogens is 279 g/mol. The van der Waals surface area contributed by atoms with Gasteiger partial charge in [0, 0.05) is 13.1 Å². The molecule has 0 bridgehead atoms. The molecule has 1 aromatic heterocycles. The van der Waals surface area contributed by atoms with E-state index >= 15 is 0 Å². The molecule has 19 heavy (non-hydrogen) atoms. The number of halogens is 4. The van der Waals surface area contributed by atoms with Crippen LogP contribution in [0.3, 0.4) is 0 Å². The number of nitrogens with zero attached hydrogens (tertiary/aromatic N) is 3.